The van der Waals surface area contributed by atoms with Crippen LogP contribution in [0.1, 0.15) is 23.1 Å². The molecule has 1 aromatic carbocycles. The van der Waals surface area contributed by atoms with Gasteiger partial charge in [-0.05, 0) is 52.0 Å². The maximum atomic E-state index is 4.25. The third-order valence-corrected chi connectivity index (χ3v) is 3.24. The van der Waals surface area contributed by atoms with Gasteiger partial charge in [0.1, 0.15) is 0 Å². The first-order valence-corrected chi connectivity index (χ1v) is 7.18. The minimum atomic E-state index is 0. The number of nitrogens with zero attached hydrogens (tertiary/aromatic N) is 2. The lowest BCUT2D eigenvalue weighted by Crippen LogP contribution is -2.38. The van der Waals surface area contributed by atoms with Crippen LogP contribution in [0.15, 0.2) is 23.2 Å². The molecule has 0 amide bonds. The molecule has 0 bridgehead atoms. The summed E-state index contributed by atoms with van der Waals surface area (Å²) in [6.45, 7) is 7.10. The van der Waals surface area contributed by atoms with E-state index in [2.05, 4.69) is 66.7 Å². The van der Waals surface area contributed by atoms with Gasteiger partial charge in [0.15, 0.2) is 5.96 Å². The summed E-state index contributed by atoms with van der Waals surface area (Å²) < 4.78 is 0. The Balaban J connectivity index is 0.00000400. The number of aliphatic imine (C=N–C) groups is 1. The number of aryl methyl sites for hydroxylation is 2. The van der Waals surface area contributed by atoms with Gasteiger partial charge in [0.25, 0.3) is 0 Å². The van der Waals surface area contributed by atoms with Crippen LogP contribution in [0.2, 0.25) is 0 Å². The third-order valence-electron chi connectivity index (χ3n) is 3.24. The van der Waals surface area contributed by atoms with Crippen molar-refractivity contribution in [3.05, 3.63) is 34.9 Å². The quantitative estimate of drug-likeness (QED) is 0.331. The summed E-state index contributed by atoms with van der Waals surface area (Å²) in [6.07, 6.45) is 1.11. The van der Waals surface area contributed by atoms with Gasteiger partial charge in [-0.1, -0.05) is 23.8 Å². The molecule has 0 unspecified atom stereocenters. The predicted molar refractivity (Wildman–Crippen MR) is 103 cm³/mol. The van der Waals surface area contributed by atoms with E-state index in [-0.39, 0.29) is 24.0 Å². The van der Waals surface area contributed by atoms with Crippen molar-refractivity contribution in [2.24, 2.45) is 4.99 Å². The van der Waals surface area contributed by atoms with Crippen LogP contribution < -0.4 is 10.6 Å². The fourth-order valence-electron chi connectivity index (χ4n) is 2.05. The Labute approximate surface area is 146 Å². The van der Waals surface area contributed by atoms with Crippen LogP contribution in [0, 0.1) is 13.8 Å². The smallest absolute Gasteiger partial charge is 0.191 e. The molecule has 21 heavy (non-hydrogen) atoms. The van der Waals surface area contributed by atoms with Gasteiger partial charge < -0.3 is 15.5 Å². The molecule has 0 saturated carbocycles. The first kappa shape index (κ1) is 20.2. The van der Waals surface area contributed by atoms with Crippen molar-refractivity contribution in [2.45, 2.75) is 26.8 Å². The standard InChI is InChI=1S/C16H28N4.HI/c1-13-7-8-15(14(2)11-13)12-19-16(17-3)18-9-6-10-20(4)5;/h7-8,11H,6,9-10,12H2,1-5H3,(H2,17,18,19);1H. The van der Waals surface area contributed by atoms with Crippen molar-refractivity contribution < 1.29 is 0 Å². The van der Waals surface area contributed by atoms with E-state index in [1.807, 2.05) is 7.05 Å². The van der Waals surface area contributed by atoms with E-state index < -0.39 is 0 Å². The highest BCUT2D eigenvalue weighted by Crippen LogP contribution is 2.09. The van der Waals surface area contributed by atoms with E-state index >= 15 is 0 Å². The number of benzene rings is 1. The Morgan fingerprint density at radius 2 is 1.90 bits per heavy atom. The van der Waals surface area contributed by atoms with E-state index in [0.29, 0.717) is 0 Å². The third kappa shape index (κ3) is 8.26. The number of guanidine groups is 1. The highest BCUT2D eigenvalue weighted by molar-refractivity contribution is 14.0. The number of halogens is 1. The average Bonchev–Trinajstić information content (AvgIpc) is 2.39. The van der Waals surface area contributed by atoms with Gasteiger partial charge in [0.2, 0.25) is 0 Å². The molecule has 0 aliphatic carbocycles. The topological polar surface area (TPSA) is 39.7 Å². The second-order valence-corrected chi connectivity index (χ2v) is 5.44. The maximum Gasteiger partial charge on any atom is 0.191 e. The Kier molecular flexibility index (Phi) is 10.4. The number of nitrogens with one attached hydrogen (secondary N) is 2. The van der Waals surface area contributed by atoms with E-state index in [1.165, 1.54) is 16.7 Å². The zero-order valence-corrected chi connectivity index (χ0v) is 16.2. The van der Waals surface area contributed by atoms with Crippen molar-refractivity contribution in [1.29, 1.82) is 0 Å². The minimum Gasteiger partial charge on any atom is -0.356 e. The van der Waals surface area contributed by atoms with E-state index in [0.717, 1.165) is 32.0 Å². The molecule has 0 aromatic heterocycles. The van der Waals surface area contributed by atoms with Crippen molar-refractivity contribution in [3.8, 4) is 0 Å². The largest absolute Gasteiger partial charge is 0.356 e. The van der Waals surface area contributed by atoms with Crippen LogP contribution in [0.3, 0.4) is 0 Å². The molecule has 1 aromatic rings. The van der Waals surface area contributed by atoms with Crippen LogP contribution in [0.5, 0.6) is 0 Å². The molecular weight excluding hydrogens is 375 g/mol. The molecule has 0 saturated heterocycles. The van der Waals surface area contributed by atoms with Gasteiger partial charge in [-0.25, -0.2) is 0 Å². The second kappa shape index (κ2) is 10.8. The second-order valence-electron chi connectivity index (χ2n) is 5.44. The highest BCUT2D eigenvalue weighted by atomic mass is 127. The van der Waals surface area contributed by atoms with Gasteiger partial charge in [-0.3, -0.25) is 4.99 Å². The van der Waals surface area contributed by atoms with Gasteiger partial charge in [-0.2, -0.15) is 0 Å². The Morgan fingerprint density at radius 3 is 2.48 bits per heavy atom. The van der Waals surface area contributed by atoms with Crippen LogP contribution in [0.25, 0.3) is 0 Å². The summed E-state index contributed by atoms with van der Waals surface area (Å²) in [4.78, 5) is 6.44. The number of hydrogen-bond donors (Lipinski definition) is 2. The summed E-state index contributed by atoms with van der Waals surface area (Å²) in [6, 6.07) is 6.54. The van der Waals surface area contributed by atoms with Gasteiger partial charge in [0, 0.05) is 20.1 Å². The lowest BCUT2D eigenvalue weighted by atomic mass is 10.1. The Morgan fingerprint density at radius 1 is 1.19 bits per heavy atom. The maximum absolute atomic E-state index is 4.25. The van der Waals surface area contributed by atoms with Crippen LogP contribution in [-0.4, -0.2) is 45.1 Å². The summed E-state index contributed by atoms with van der Waals surface area (Å²) in [5.74, 6) is 0.865. The molecule has 5 heteroatoms. The molecular formula is C16H29IN4. The number of hydrogen-bond acceptors (Lipinski definition) is 2. The summed E-state index contributed by atoms with van der Waals surface area (Å²) in [5, 5.41) is 6.70. The highest BCUT2D eigenvalue weighted by Gasteiger charge is 2.01. The molecule has 0 heterocycles. The molecule has 0 aliphatic heterocycles. The van der Waals surface area contributed by atoms with Crippen molar-refractivity contribution in [3.63, 3.8) is 0 Å². The van der Waals surface area contributed by atoms with Gasteiger partial charge in [-0.15, -0.1) is 24.0 Å². The molecule has 4 nitrogen and oxygen atoms in total. The molecule has 0 spiro atoms. The van der Waals surface area contributed by atoms with Crippen molar-refractivity contribution in [2.75, 3.05) is 34.2 Å². The average molecular weight is 404 g/mol. The zero-order chi connectivity index (χ0) is 15.0. The molecule has 0 fully saturated rings. The monoisotopic (exact) mass is 404 g/mol. The SMILES string of the molecule is CN=C(NCCCN(C)C)NCc1ccc(C)cc1C.I. The molecule has 0 aliphatic rings. The van der Waals surface area contributed by atoms with Crippen molar-refractivity contribution in [1.82, 2.24) is 15.5 Å². The van der Waals surface area contributed by atoms with Crippen molar-refractivity contribution >= 4 is 29.9 Å². The molecule has 0 radical (unpaired) electrons. The van der Waals surface area contributed by atoms with Gasteiger partial charge in [0.05, 0.1) is 0 Å². The summed E-state index contributed by atoms with van der Waals surface area (Å²) in [5.41, 5.74) is 3.94. The molecule has 2 N–H and O–H groups in total. The van der Waals surface area contributed by atoms with Crippen LogP contribution in [-0.2, 0) is 6.54 Å². The number of rotatable bonds is 6. The Bertz CT molecular complexity index is 444. The fraction of sp³-hybridized carbons (Fsp3) is 0.562. The summed E-state index contributed by atoms with van der Waals surface area (Å²) >= 11 is 0. The van der Waals surface area contributed by atoms with E-state index in [4.69, 9.17) is 0 Å². The fourth-order valence-corrected chi connectivity index (χ4v) is 2.05. The Hall–Kier alpha value is -0.820. The molecule has 1 rings (SSSR count). The minimum absolute atomic E-state index is 0. The van der Waals surface area contributed by atoms with E-state index in [9.17, 15) is 0 Å². The molecule has 0 atom stereocenters. The summed E-state index contributed by atoms with van der Waals surface area (Å²) in [7, 11) is 5.99. The lowest BCUT2D eigenvalue weighted by molar-refractivity contribution is 0.399. The van der Waals surface area contributed by atoms with Crippen LogP contribution >= 0.6 is 24.0 Å². The van der Waals surface area contributed by atoms with Crippen LogP contribution in [0.4, 0.5) is 0 Å². The molecule has 120 valence electrons. The van der Waals surface area contributed by atoms with E-state index in [1.54, 1.807) is 0 Å². The normalized spacial score (nSPS) is 11.2. The van der Waals surface area contributed by atoms with Gasteiger partial charge >= 0.3 is 0 Å². The first-order chi connectivity index (χ1) is 9.52. The first-order valence-electron chi connectivity index (χ1n) is 7.18. The predicted octanol–water partition coefficient (Wildman–Crippen LogP) is 2.54. The zero-order valence-electron chi connectivity index (χ0n) is 13.9. The lowest BCUT2D eigenvalue weighted by Gasteiger charge is -2.14.